The highest BCUT2D eigenvalue weighted by atomic mass is 35.5. The minimum absolute atomic E-state index is 0. The van der Waals surface area contributed by atoms with Gasteiger partial charge < -0.3 is 4.57 Å². The lowest BCUT2D eigenvalue weighted by atomic mass is 10.2. The van der Waals surface area contributed by atoms with Gasteiger partial charge in [-0.2, -0.15) is 0 Å². The maximum atomic E-state index is 14.1. The van der Waals surface area contributed by atoms with Gasteiger partial charge in [-0.3, -0.25) is 9.69 Å². The molecule has 4 aromatic rings. The second kappa shape index (κ2) is 9.11. The zero-order chi connectivity index (χ0) is 19.5. The third kappa shape index (κ3) is 4.60. The molecule has 0 bridgehead atoms. The molecule has 150 valence electrons. The van der Waals surface area contributed by atoms with Crippen molar-refractivity contribution in [3.8, 4) is 0 Å². The standard InChI is InChI=1S/C20H16F2N4OS.ClH/c21-15-7-5-14(6-8-15)19(27)26(11-2-10-25-12-9-23-13-25)20-24-18-16(22)3-1-4-17(18)28-20;/h1,3-9,12-13H,2,10-11H2;1H. The number of nitrogens with zero attached hydrogens (tertiary/aromatic N) is 4. The first kappa shape index (κ1) is 20.9. The molecule has 0 aliphatic heterocycles. The van der Waals surface area contributed by atoms with Crippen LogP contribution < -0.4 is 4.90 Å². The van der Waals surface area contributed by atoms with Crippen molar-refractivity contribution >= 4 is 45.0 Å². The fourth-order valence-corrected chi connectivity index (χ4v) is 3.89. The first-order chi connectivity index (χ1) is 13.6. The number of thiazole rings is 1. The molecule has 29 heavy (non-hydrogen) atoms. The fourth-order valence-electron chi connectivity index (χ4n) is 2.88. The highest BCUT2D eigenvalue weighted by Gasteiger charge is 2.22. The Labute approximate surface area is 176 Å². The summed E-state index contributed by atoms with van der Waals surface area (Å²) in [7, 11) is 0. The van der Waals surface area contributed by atoms with Gasteiger partial charge in [0.2, 0.25) is 0 Å². The predicted molar refractivity (Wildman–Crippen MR) is 112 cm³/mol. The molecule has 0 aliphatic carbocycles. The molecule has 0 fully saturated rings. The number of halogens is 3. The summed E-state index contributed by atoms with van der Waals surface area (Å²) in [4.78, 5) is 22.9. The summed E-state index contributed by atoms with van der Waals surface area (Å²) in [6.45, 7) is 1.06. The number of aryl methyl sites for hydroxylation is 1. The van der Waals surface area contributed by atoms with Crippen LogP contribution in [0.3, 0.4) is 0 Å². The van der Waals surface area contributed by atoms with Crippen LogP contribution in [0.4, 0.5) is 13.9 Å². The van der Waals surface area contributed by atoms with Gasteiger partial charge in [0, 0.05) is 31.0 Å². The largest absolute Gasteiger partial charge is 0.337 e. The quantitative estimate of drug-likeness (QED) is 0.432. The molecule has 0 radical (unpaired) electrons. The van der Waals surface area contributed by atoms with Gasteiger partial charge in [0.15, 0.2) is 5.13 Å². The number of fused-ring (bicyclic) bond motifs is 1. The SMILES string of the molecule is Cl.O=C(c1ccc(F)cc1)N(CCCn1ccnc1)c1nc2c(F)cccc2s1. The number of anilines is 1. The van der Waals surface area contributed by atoms with E-state index in [1.807, 2.05) is 10.8 Å². The van der Waals surface area contributed by atoms with Crippen LogP contribution in [0.15, 0.2) is 61.2 Å². The van der Waals surface area contributed by atoms with Crippen LogP contribution >= 0.6 is 23.7 Å². The predicted octanol–water partition coefficient (Wildman–Crippen LogP) is 4.93. The van der Waals surface area contributed by atoms with Crippen molar-refractivity contribution in [1.82, 2.24) is 14.5 Å². The molecule has 5 nitrogen and oxygen atoms in total. The third-order valence-corrected chi connectivity index (χ3v) is 5.33. The van der Waals surface area contributed by atoms with Crippen LogP contribution in [0, 0.1) is 11.6 Å². The van der Waals surface area contributed by atoms with Gasteiger partial charge in [0.25, 0.3) is 5.91 Å². The van der Waals surface area contributed by atoms with Crippen LogP contribution in [0.5, 0.6) is 0 Å². The lowest BCUT2D eigenvalue weighted by Crippen LogP contribution is -2.32. The smallest absolute Gasteiger partial charge is 0.260 e. The number of hydrogen-bond acceptors (Lipinski definition) is 4. The Morgan fingerprint density at radius 3 is 2.62 bits per heavy atom. The Morgan fingerprint density at radius 1 is 1.14 bits per heavy atom. The summed E-state index contributed by atoms with van der Waals surface area (Å²) in [5.74, 6) is -1.14. The van der Waals surface area contributed by atoms with Gasteiger partial charge in [-0.1, -0.05) is 17.4 Å². The molecule has 4 rings (SSSR count). The van der Waals surface area contributed by atoms with Crippen molar-refractivity contribution in [2.45, 2.75) is 13.0 Å². The van der Waals surface area contributed by atoms with Crippen molar-refractivity contribution in [3.63, 3.8) is 0 Å². The average Bonchev–Trinajstić information content (AvgIpc) is 3.36. The normalized spacial score (nSPS) is 10.7. The Bertz CT molecular complexity index is 1100. The molecule has 2 aromatic carbocycles. The molecule has 0 saturated carbocycles. The molecular weight excluding hydrogens is 418 g/mol. The Hall–Kier alpha value is -2.84. The average molecular weight is 435 g/mol. The summed E-state index contributed by atoms with van der Waals surface area (Å²) in [5.41, 5.74) is 0.595. The first-order valence-electron chi connectivity index (χ1n) is 8.70. The minimum atomic E-state index is -0.424. The van der Waals surface area contributed by atoms with Crippen LogP contribution in [-0.4, -0.2) is 27.0 Å². The molecule has 2 aromatic heterocycles. The van der Waals surface area contributed by atoms with Gasteiger partial charge in [-0.05, 0) is 42.8 Å². The van der Waals surface area contributed by atoms with Gasteiger partial charge >= 0.3 is 0 Å². The van der Waals surface area contributed by atoms with E-state index in [0.717, 1.165) is 0 Å². The number of para-hydroxylation sites is 1. The van der Waals surface area contributed by atoms with E-state index in [-0.39, 0.29) is 23.8 Å². The Kier molecular flexibility index (Phi) is 6.56. The van der Waals surface area contributed by atoms with Gasteiger partial charge in [-0.15, -0.1) is 12.4 Å². The number of imidazole rings is 1. The molecule has 0 saturated heterocycles. The summed E-state index contributed by atoms with van der Waals surface area (Å²) >= 11 is 1.25. The minimum Gasteiger partial charge on any atom is -0.337 e. The lowest BCUT2D eigenvalue weighted by Gasteiger charge is -2.20. The second-order valence-corrected chi connectivity index (χ2v) is 7.21. The van der Waals surface area contributed by atoms with E-state index in [4.69, 9.17) is 0 Å². The van der Waals surface area contributed by atoms with Gasteiger partial charge in [0.05, 0.1) is 11.0 Å². The van der Waals surface area contributed by atoms with E-state index in [9.17, 15) is 13.6 Å². The fraction of sp³-hybridized carbons (Fsp3) is 0.150. The van der Waals surface area contributed by atoms with E-state index in [1.54, 1.807) is 24.7 Å². The molecule has 0 aliphatic rings. The van der Waals surface area contributed by atoms with Crippen LogP contribution in [0.1, 0.15) is 16.8 Å². The molecular formula is C20H17ClF2N4OS. The highest BCUT2D eigenvalue weighted by molar-refractivity contribution is 7.22. The van der Waals surface area contributed by atoms with Gasteiger partial charge in [-0.25, -0.2) is 18.7 Å². The van der Waals surface area contributed by atoms with Crippen molar-refractivity contribution < 1.29 is 13.6 Å². The number of hydrogen-bond donors (Lipinski definition) is 0. The van der Waals surface area contributed by atoms with Crippen molar-refractivity contribution in [1.29, 1.82) is 0 Å². The highest BCUT2D eigenvalue weighted by Crippen LogP contribution is 2.31. The Morgan fingerprint density at radius 2 is 1.93 bits per heavy atom. The van der Waals surface area contributed by atoms with Crippen LogP contribution in [0.25, 0.3) is 10.2 Å². The maximum Gasteiger partial charge on any atom is 0.260 e. The molecule has 1 amide bonds. The monoisotopic (exact) mass is 434 g/mol. The molecule has 0 spiro atoms. The van der Waals surface area contributed by atoms with Crippen molar-refractivity contribution in [2.24, 2.45) is 0 Å². The number of amides is 1. The molecule has 0 N–H and O–H groups in total. The third-order valence-electron chi connectivity index (χ3n) is 4.28. The van der Waals surface area contributed by atoms with E-state index < -0.39 is 11.6 Å². The number of carbonyl (C=O) groups is 1. The Balaban J connectivity index is 0.00000240. The van der Waals surface area contributed by atoms with Crippen molar-refractivity contribution in [2.75, 3.05) is 11.4 Å². The zero-order valence-electron chi connectivity index (χ0n) is 15.2. The van der Waals surface area contributed by atoms with Crippen LogP contribution in [0.2, 0.25) is 0 Å². The number of benzene rings is 2. The summed E-state index contributed by atoms with van der Waals surface area (Å²) in [6.07, 6.45) is 5.90. The van der Waals surface area contributed by atoms with E-state index in [2.05, 4.69) is 9.97 Å². The van der Waals surface area contributed by atoms with E-state index in [1.165, 1.54) is 46.6 Å². The molecule has 0 atom stereocenters. The lowest BCUT2D eigenvalue weighted by molar-refractivity contribution is 0.0986. The molecule has 2 heterocycles. The summed E-state index contributed by atoms with van der Waals surface area (Å²) in [6, 6.07) is 10.1. The first-order valence-corrected chi connectivity index (χ1v) is 9.52. The number of aromatic nitrogens is 3. The van der Waals surface area contributed by atoms with E-state index >= 15 is 0 Å². The molecule has 9 heteroatoms. The number of carbonyl (C=O) groups excluding carboxylic acids is 1. The molecule has 0 unspecified atom stereocenters. The summed E-state index contributed by atoms with van der Waals surface area (Å²) in [5, 5.41) is 0.417. The maximum absolute atomic E-state index is 14.1. The zero-order valence-corrected chi connectivity index (χ0v) is 16.8. The summed E-state index contributed by atoms with van der Waals surface area (Å²) < 4.78 is 29.9. The number of rotatable bonds is 6. The van der Waals surface area contributed by atoms with Gasteiger partial charge in [0.1, 0.15) is 17.2 Å². The van der Waals surface area contributed by atoms with Crippen molar-refractivity contribution in [3.05, 3.63) is 78.4 Å². The van der Waals surface area contributed by atoms with Crippen LogP contribution in [-0.2, 0) is 6.54 Å². The topological polar surface area (TPSA) is 51.0 Å². The van der Waals surface area contributed by atoms with E-state index in [0.29, 0.717) is 34.9 Å². The second-order valence-electron chi connectivity index (χ2n) is 6.20.